The van der Waals surface area contributed by atoms with Crippen LogP contribution in [0.2, 0.25) is 6.04 Å². The van der Waals surface area contributed by atoms with E-state index in [2.05, 4.69) is 10.1 Å². The Kier molecular flexibility index (Phi) is 12.0. The first-order valence-electron chi connectivity index (χ1n) is 7.33. The lowest BCUT2D eigenvalue weighted by Gasteiger charge is -2.28. The van der Waals surface area contributed by atoms with Crippen LogP contribution in [0.25, 0.3) is 0 Å². The van der Waals surface area contributed by atoms with Crippen LogP contribution in [-0.2, 0) is 22.8 Å². The molecule has 0 aromatic rings. The summed E-state index contributed by atoms with van der Waals surface area (Å²) >= 11 is 0. The van der Waals surface area contributed by atoms with Crippen LogP contribution in [0.15, 0.2) is 0 Å². The predicted octanol–water partition coefficient (Wildman–Crippen LogP) is 1.58. The maximum atomic E-state index is 10.9. The molecule has 0 aliphatic rings. The Hall–Kier alpha value is -0.473. The van der Waals surface area contributed by atoms with Crippen molar-refractivity contribution in [2.45, 2.75) is 39.7 Å². The summed E-state index contributed by atoms with van der Waals surface area (Å²) in [5.74, 6) is -0.195. The molecular formula is C13H29NO5Si. The zero-order chi connectivity index (χ0) is 15.3. The second-order valence-electron chi connectivity index (χ2n) is 4.16. The van der Waals surface area contributed by atoms with Gasteiger partial charge in [-0.2, -0.15) is 0 Å². The molecule has 0 heterocycles. The molecule has 20 heavy (non-hydrogen) atoms. The van der Waals surface area contributed by atoms with Crippen LogP contribution < -0.4 is 5.32 Å². The van der Waals surface area contributed by atoms with Crippen LogP contribution >= 0.6 is 0 Å². The first kappa shape index (κ1) is 19.5. The lowest BCUT2D eigenvalue weighted by Crippen LogP contribution is -2.46. The third-order valence-electron chi connectivity index (χ3n) is 2.66. The molecule has 0 rings (SSSR count). The van der Waals surface area contributed by atoms with Crippen molar-refractivity contribution in [3.8, 4) is 0 Å². The van der Waals surface area contributed by atoms with Gasteiger partial charge in [-0.1, -0.05) is 0 Å². The number of methoxy groups -OCH3 is 1. The Labute approximate surface area is 123 Å². The molecule has 6 nitrogen and oxygen atoms in total. The standard InChI is InChI=1S/C13H29NO5Si/c1-5-17-20(18-6-2,19-7-3)12-8-10-14-11-9-13(15)16-4/h14H,5-12H2,1-4H3. The molecule has 0 aliphatic heterocycles. The summed E-state index contributed by atoms with van der Waals surface area (Å²) in [5.41, 5.74) is 0. The number of rotatable bonds is 13. The molecule has 0 radical (unpaired) electrons. The van der Waals surface area contributed by atoms with Gasteiger partial charge in [0.15, 0.2) is 0 Å². The first-order chi connectivity index (χ1) is 9.64. The zero-order valence-corrected chi connectivity index (χ0v) is 14.2. The highest BCUT2D eigenvalue weighted by atomic mass is 28.4. The van der Waals surface area contributed by atoms with Crippen molar-refractivity contribution in [1.82, 2.24) is 5.32 Å². The average molecular weight is 307 g/mol. The van der Waals surface area contributed by atoms with Gasteiger partial charge in [-0.05, 0) is 33.7 Å². The van der Waals surface area contributed by atoms with Crippen molar-refractivity contribution in [1.29, 1.82) is 0 Å². The summed E-state index contributed by atoms with van der Waals surface area (Å²) in [6.45, 7) is 9.08. The van der Waals surface area contributed by atoms with Gasteiger partial charge in [0.05, 0.1) is 13.5 Å². The minimum Gasteiger partial charge on any atom is -0.469 e. The monoisotopic (exact) mass is 307 g/mol. The van der Waals surface area contributed by atoms with E-state index in [9.17, 15) is 4.79 Å². The number of nitrogens with one attached hydrogen (secondary N) is 1. The predicted molar refractivity (Wildman–Crippen MR) is 79.6 cm³/mol. The number of carbonyl (C=O) groups excluding carboxylic acids is 1. The molecule has 0 atom stereocenters. The second kappa shape index (κ2) is 12.3. The smallest absolute Gasteiger partial charge is 0.469 e. The molecule has 120 valence electrons. The van der Waals surface area contributed by atoms with Gasteiger partial charge in [-0.15, -0.1) is 0 Å². The van der Waals surface area contributed by atoms with Crippen LogP contribution in [-0.4, -0.2) is 54.8 Å². The Morgan fingerprint density at radius 1 is 1.00 bits per heavy atom. The van der Waals surface area contributed by atoms with Crippen molar-refractivity contribution >= 4 is 14.8 Å². The number of ether oxygens (including phenoxy) is 1. The number of hydrogen-bond donors (Lipinski definition) is 1. The molecule has 0 aromatic carbocycles. The summed E-state index contributed by atoms with van der Waals surface area (Å²) in [6.07, 6.45) is 1.29. The molecule has 7 heteroatoms. The Morgan fingerprint density at radius 2 is 1.55 bits per heavy atom. The number of hydrogen-bond acceptors (Lipinski definition) is 6. The van der Waals surface area contributed by atoms with Crippen LogP contribution in [0, 0.1) is 0 Å². The van der Waals surface area contributed by atoms with E-state index >= 15 is 0 Å². The fourth-order valence-corrected chi connectivity index (χ4v) is 4.46. The summed E-state index contributed by atoms with van der Waals surface area (Å²) in [4.78, 5) is 10.9. The second-order valence-corrected chi connectivity index (χ2v) is 6.89. The molecule has 0 bridgehead atoms. The molecule has 0 aliphatic carbocycles. The quantitative estimate of drug-likeness (QED) is 0.316. The Morgan fingerprint density at radius 3 is 2.00 bits per heavy atom. The highest BCUT2D eigenvalue weighted by Gasteiger charge is 2.39. The van der Waals surface area contributed by atoms with E-state index in [0.717, 1.165) is 19.0 Å². The maximum Gasteiger partial charge on any atom is 0.500 e. The minimum absolute atomic E-state index is 0.195. The van der Waals surface area contributed by atoms with E-state index in [1.807, 2.05) is 20.8 Å². The third-order valence-corrected chi connectivity index (χ3v) is 5.81. The highest BCUT2D eigenvalue weighted by molar-refractivity contribution is 6.60. The lowest BCUT2D eigenvalue weighted by atomic mass is 10.4. The SMILES string of the molecule is CCO[Si](CCCNCCC(=O)OC)(OCC)OCC. The summed E-state index contributed by atoms with van der Waals surface area (Å²) in [7, 11) is -1.12. The van der Waals surface area contributed by atoms with Gasteiger partial charge in [-0.25, -0.2) is 0 Å². The van der Waals surface area contributed by atoms with Gasteiger partial charge < -0.3 is 23.3 Å². The fourth-order valence-electron chi connectivity index (χ4n) is 1.85. The molecule has 0 saturated carbocycles. The van der Waals surface area contributed by atoms with Crippen LogP contribution in [0.4, 0.5) is 0 Å². The number of esters is 1. The lowest BCUT2D eigenvalue weighted by molar-refractivity contribution is -0.140. The molecule has 0 amide bonds. The molecule has 0 unspecified atom stereocenters. The maximum absolute atomic E-state index is 10.9. The van der Waals surface area contributed by atoms with Crippen molar-refractivity contribution in [3.63, 3.8) is 0 Å². The van der Waals surface area contributed by atoms with Crippen molar-refractivity contribution in [3.05, 3.63) is 0 Å². The molecule has 0 spiro atoms. The normalized spacial score (nSPS) is 11.6. The van der Waals surface area contributed by atoms with E-state index in [0.29, 0.717) is 32.8 Å². The van der Waals surface area contributed by atoms with Crippen LogP contribution in [0.3, 0.4) is 0 Å². The van der Waals surface area contributed by atoms with Crippen molar-refractivity contribution in [2.75, 3.05) is 40.0 Å². The molecule has 0 saturated heterocycles. The van der Waals surface area contributed by atoms with E-state index in [-0.39, 0.29) is 5.97 Å². The van der Waals surface area contributed by atoms with Gasteiger partial charge in [0.2, 0.25) is 0 Å². The molecule has 0 aromatic heterocycles. The fraction of sp³-hybridized carbons (Fsp3) is 0.923. The van der Waals surface area contributed by atoms with E-state index in [1.165, 1.54) is 7.11 Å². The minimum atomic E-state index is -2.52. The molecule has 0 fully saturated rings. The summed E-state index contributed by atoms with van der Waals surface area (Å²) in [5, 5.41) is 3.20. The average Bonchev–Trinajstić information content (AvgIpc) is 2.43. The Bertz CT molecular complexity index is 236. The number of carbonyl (C=O) groups is 1. The zero-order valence-electron chi connectivity index (χ0n) is 13.2. The van der Waals surface area contributed by atoms with Gasteiger partial charge >= 0.3 is 14.8 Å². The van der Waals surface area contributed by atoms with E-state index < -0.39 is 8.80 Å². The van der Waals surface area contributed by atoms with Crippen molar-refractivity contribution in [2.24, 2.45) is 0 Å². The van der Waals surface area contributed by atoms with Gasteiger partial charge in [0.25, 0.3) is 0 Å². The van der Waals surface area contributed by atoms with E-state index in [1.54, 1.807) is 0 Å². The summed E-state index contributed by atoms with van der Waals surface area (Å²) in [6, 6.07) is 0.785. The van der Waals surface area contributed by atoms with Crippen LogP contribution in [0.1, 0.15) is 33.6 Å². The Balaban J connectivity index is 3.97. The largest absolute Gasteiger partial charge is 0.500 e. The molecule has 1 N–H and O–H groups in total. The van der Waals surface area contributed by atoms with Gasteiger partial charge in [0, 0.05) is 32.4 Å². The molecular weight excluding hydrogens is 278 g/mol. The summed E-state index contributed by atoms with van der Waals surface area (Å²) < 4.78 is 21.9. The first-order valence-corrected chi connectivity index (χ1v) is 9.26. The third kappa shape index (κ3) is 8.65. The van der Waals surface area contributed by atoms with E-state index in [4.69, 9.17) is 13.3 Å². The van der Waals surface area contributed by atoms with Gasteiger partial charge in [-0.3, -0.25) is 4.79 Å². The van der Waals surface area contributed by atoms with Crippen molar-refractivity contribution < 1.29 is 22.8 Å². The topological polar surface area (TPSA) is 66.0 Å². The van der Waals surface area contributed by atoms with Crippen LogP contribution in [0.5, 0.6) is 0 Å². The van der Waals surface area contributed by atoms with Gasteiger partial charge in [0.1, 0.15) is 0 Å². The highest BCUT2D eigenvalue weighted by Crippen LogP contribution is 2.17.